The summed E-state index contributed by atoms with van der Waals surface area (Å²) in [5.41, 5.74) is 1.19. The Morgan fingerprint density at radius 2 is 1.76 bits per heavy atom. The maximum atomic E-state index is 13.5. The third-order valence-corrected chi connectivity index (χ3v) is 3.94. The average molecular weight is 421 g/mol. The van der Waals surface area contributed by atoms with Crippen LogP contribution in [-0.4, -0.2) is 6.61 Å². The molecule has 0 fully saturated rings. The summed E-state index contributed by atoms with van der Waals surface area (Å²) in [7, 11) is 0. The molecular weight excluding hydrogens is 408 g/mol. The summed E-state index contributed by atoms with van der Waals surface area (Å²) in [4.78, 5) is 0. The second-order valence-corrected chi connectivity index (χ2v) is 6.01. The van der Waals surface area contributed by atoms with Crippen molar-refractivity contribution < 1.29 is 13.5 Å². The lowest BCUT2D eigenvalue weighted by Gasteiger charge is -2.12. The summed E-state index contributed by atoms with van der Waals surface area (Å²) in [6.07, 6.45) is 0. The van der Waals surface area contributed by atoms with Gasteiger partial charge in [-0.05, 0) is 68.6 Å². The standard InChI is InChI=1S/C15H13Br2F2NO/c1-2-21-15-11(16)5-9(6-12(15)17)8-20-14-4-3-10(18)7-13(14)19/h3-7,20H,2,8H2,1H3. The number of rotatable bonds is 5. The molecule has 0 radical (unpaired) electrons. The predicted molar refractivity (Wildman–Crippen MR) is 86.7 cm³/mol. The molecule has 2 nitrogen and oxygen atoms in total. The first kappa shape index (κ1) is 16.2. The van der Waals surface area contributed by atoms with Crippen LogP contribution in [0.5, 0.6) is 5.75 Å². The average Bonchev–Trinajstić information content (AvgIpc) is 2.42. The van der Waals surface area contributed by atoms with Crippen LogP contribution in [0.2, 0.25) is 0 Å². The van der Waals surface area contributed by atoms with Crippen LogP contribution >= 0.6 is 31.9 Å². The van der Waals surface area contributed by atoms with Gasteiger partial charge in [0, 0.05) is 12.6 Å². The third-order valence-electron chi connectivity index (χ3n) is 2.76. The molecule has 0 spiro atoms. The van der Waals surface area contributed by atoms with Gasteiger partial charge in [0.1, 0.15) is 17.4 Å². The highest BCUT2D eigenvalue weighted by molar-refractivity contribution is 9.11. The van der Waals surface area contributed by atoms with E-state index >= 15 is 0 Å². The van der Waals surface area contributed by atoms with E-state index in [4.69, 9.17) is 4.74 Å². The Kier molecular flexibility index (Phi) is 5.58. The number of nitrogens with one attached hydrogen (secondary N) is 1. The first-order valence-corrected chi connectivity index (χ1v) is 7.89. The predicted octanol–water partition coefficient (Wildman–Crippen LogP) is 5.50. The van der Waals surface area contributed by atoms with Gasteiger partial charge in [-0.2, -0.15) is 0 Å². The highest BCUT2D eigenvalue weighted by Gasteiger charge is 2.09. The van der Waals surface area contributed by atoms with Crippen molar-refractivity contribution >= 4 is 37.5 Å². The second kappa shape index (κ2) is 7.22. The molecule has 0 unspecified atom stereocenters. The monoisotopic (exact) mass is 419 g/mol. The lowest BCUT2D eigenvalue weighted by Crippen LogP contribution is -2.03. The van der Waals surface area contributed by atoms with Crippen molar-refractivity contribution in [3.8, 4) is 5.75 Å². The molecule has 0 aliphatic rings. The minimum atomic E-state index is -0.612. The van der Waals surface area contributed by atoms with E-state index in [1.54, 1.807) is 0 Å². The highest BCUT2D eigenvalue weighted by atomic mass is 79.9. The quantitative estimate of drug-likeness (QED) is 0.689. The van der Waals surface area contributed by atoms with Crippen LogP contribution in [0.15, 0.2) is 39.3 Å². The minimum absolute atomic E-state index is 0.262. The Bertz CT molecular complexity index is 627. The molecule has 2 rings (SSSR count). The summed E-state index contributed by atoms with van der Waals surface area (Å²) >= 11 is 6.89. The Morgan fingerprint density at radius 1 is 1.10 bits per heavy atom. The topological polar surface area (TPSA) is 21.3 Å². The van der Waals surface area contributed by atoms with E-state index in [0.29, 0.717) is 13.2 Å². The fourth-order valence-electron chi connectivity index (χ4n) is 1.83. The molecule has 0 aliphatic heterocycles. The third kappa shape index (κ3) is 4.17. The summed E-state index contributed by atoms with van der Waals surface area (Å²) < 4.78 is 33.5. The Morgan fingerprint density at radius 3 is 2.33 bits per heavy atom. The van der Waals surface area contributed by atoms with Crippen LogP contribution in [0.3, 0.4) is 0 Å². The van der Waals surface area contributed by atoms with E-state index in [2.05, 4.69) is 37.2 Å². The van der Waals surface area contributed by atoms with E-state index in [9.17, 15) is 8.78 Å². The normalized spacial score (nSPS) is 10.5. The molecule has 112 valence electrons. The van der Waals surface area contributed by atoms with Gasteiger partial charge in [-0.3, -0.25) is 0 Å². The van der Waals surface area contributed by atoms with E-state index in [-0.39, 0.29) is 5.69 Å². The van der Waals surface area contributed by atoms with Gasteiger partial charge in [-0.1, -0.05) is 0 Å². The largest absolute Gasteiger partial charge is 0.492 e. The number of hydrogen-bond acceptors (Lipinski definition) is 2. The molecule has 21 heavy (non-hydrogen) atoms. The van der Waals surface area contributed by atoms with Crippen LogP contribution in [0, 0.1) is 11.6 Å². The summed E-state index contributed by atoms with van der Waals surface area (Å²) in [6.45, 7) is 2.88. The van der Waals surface area contributed by atoms with Crippen LogP contribution < -0.4 is 10.1 Å². The van der Waals surface area contributed by atoms with Crippen LogP contribution in [0.4, 0.5) is 14.5 Å². The smallest absolute Gasteiger partial charge is 0.149 e. The Labute approximate surface area is 138 Å². The molecule has 2 aromatic carbocycles. The SMILES string of the molecule is CCOc1c(Br)cc(CNc2ccc(F)cc2F)cc1Br. The highest BCUT2D eigenvalue weighted by Crippen LogP contribution is 2.35. The molecule has 6 heteroatoms. The fraction of sp³-hybridized carbons (Fsp3) is 0.200. The van der Waals surface area contributed by atoms with Gasteiger partial charge in [0.25, 0.3) is 0 Å². The lowest BCUT2D eigenvalue weighted by molar-refractivity contribution is 0.336. The van der Waals surface area contributed by atoms with Gasteiger partial charge in [0.15, 0.2) is 0 Å². The number of ether oxygens (including phenoxy) is 1. The summed E-state index contributed by atoms with van der Waals surface area (Å²) in [6, 6.07) is 7.24. The first-order chi connectivity index (χ1) is 10.0. The van der Waals surface area contributed by atoms with E-state index < -0.39 is 11.6 Å². The van der Waals surface area contributed by atoms with Crippen molar-refractivity contribution in [1.82, 2.24) is 0 Å². The van der Waals surface area contributed by atoms with Crippen LogP contribution in [0.1, 0.15) is 12.5 Å². The van der Waals surface area contributed by atoms with Crippen LogP contribution in [0.25, 0.3) is 0 Å². The van der Waals surface area contributed by atoms with Gasteiger partial charge in [-0.15, -0.1) is 0 Å². The van der Waals surface area contributed by atoms with Crippen molar-refractivity contribution in [2.75, 3.05) is 11.9 Å². The zero-order chi connectivity index (χ0) is 15.4. The molecule has 0 bridgehead atoms. The van der Waals surface area contributed by atoms with Crippen molar-refractivity contribution in [2.24, 2.45) is 0 Å². The first-order valence-electron chi connectivity index (χ1n) is 6.31. The summed E-state index contributed by atoms with van der Waals surface area (Å²) in [5.74, 6) is -0.474. The minimum Gasteiger partial charge on any atom is -0.492 e. The van der Waals surface area contributed by atoms with Crippen LogP contribution in [-0.2, 0) is 6.54 Å². The summed E-state index contributed by atoms with van der Waals surface area (Å²) in [5, 5.41) is 2.94. The Balaban J connectivity index is 2.13. The number of halogens is 4. The molecule has 0 amide bonds. The van der Waals surface area contributed by atoms with Crippen molar-refractivity contribution in [1.29, 1.82) is 0 Å². The fourth-order valence-corrected chi connectivity index (χ4v) is 3.34. The van der Waals surface area contributed by atoms with E-state index in [0.717, 1.165) is 26.3 Å². The van der Waals surface area contributed by atoms with Crippen molar-refractivity contribution in [3.63, 3.8) is 0 Å². The zero-order valence-electron chi connectivity index (χ0n) is 11.2. The van der Waals surface area contributed by atoms with Crippen molar-refractivity contribution in [3.05, 3.63) is 56.5 Å². The second-order valence-electron chi connectivity index (χ2n) is 4.30. The van der Waals surface area contributed by atoms with Gasteiger partial charge in [-0.25, -0.2) is 8.78 Å². The van der Waals surface area contributed by atoms with E-state index in [1.807, 2.05) is 19.1 Å². The molecule has 0 aromatic heterocycles. The molecule has 0 aliphatic carbocycles. The molecule has 2 aromatic rings. The molecule has 1 N–H and O–H groups in total. The maximum absolute atomic E-state index is 13.5. The van der Waals surface area contributed by atoms with Gasteiger partial charge in [0.2, 0.25) is 0 Å². The molecule has 0 saturated heterocycles. The Hall–Kier alpha value is -1.14. The molecular formula is C15H13Br2F2NO. The lowest BCUT2D eigenvalue weighted by atomic mass is 10.2. The van der Waals surface area contributed by atoms with Gasteiger partial charge >= 0.3 is 0 Å². The van der Waals surface area contributed by atoms with Gasteiger partial charge in [0.05, 0.1) is 21.2 Å². The zero-order valence-corrected chi connectivity index (χ0v) is 14.4. The molecule has 0 saturated carbocycles. The number of benzene rings is 2. The number of hydrogen-bond donors (Lipinski definition) is 1. The van der Waals surface area contributed by atoms with Gasteiger partial charge < -0.3 is 10.1 Å². The van der Waals surface area contributed by atoms with E-state index in [1.165, 1.54) is 12.1 Å². The maximum Gasteiger partial charge on any atom is 0.149 e. The number of anilines is 1. The molecule has 0 atom stereocenters. The molecule has 0 heterocycles. The van der Waals surface area contributed by atoms with Crippen molar-refractivity contribution in [2.45, 2.75) is 13.5 Å².